The number of quaternary nitrogens is 1. The van der Waals surface area contributed by atoms with Crippen LogP contribution in [0.2, 0.25) is 0 Å². The maximum Gasteiger partial charge on any atom is 0.116 e. The van der Waals surface area contributed by atoms with E-state index < -0.39 is 0 Å². The molecule has 2 heteroatoms. The van der Waals surface area contributed by atoms with Gasteiger partial charge in [0.1, 0.15) is 5.75 Å². The average Bonchev–Trinajstić information content (AvgIpc) is 2.17. The molecule has 2 aromatic carbocycles. The predicted octanol–water partition coefficient (Wildman–Crippen LogP) is 1.40. The van der Waals surface area contributed by atoms with Crippen molar-refractivity contribution >= 4 is 10.8 Å². The van der Waals surface area contributed by atoms with Crippen LogP contribution in [0, 0.1) is 7.05 Å². The number of phenols is 1. The van der Waals surface area contributed by atoms with Gasteiger partial charge in [0.15, 0.2) is 0 Å². The SMILES string of the molecule is [CH2-][NH2+]Cc1ccc2ccc(O)cc2c1. The van der Waals surface area contributed by atoms with E-state index >= 15 is 0 Å². The highest BCUT2D eigenvalue weighted by Crippen LogP contribution is 2.20. The van der Waals surface area contributed by atoms with Crippen LogP contribution in [-0.4, -0.2) is 5.11 Å². The molecule has 0 heterocycles. The van der Waals surface area contributed by atoms with Crippen LogP contribution in [0.4, 0.5) is 0 Å². The van der Waals surface area contributed by atoms with Crippen molar-refractivity contribution in [2.24, 2.45) is 0 Å². The molecule has 0 saturated heterocycles. The number of rotatable bonds is 2. The Bertz CT molecular complexity index is 451. The molecule has 0 aliphatic heterocycles. The van der Waals surface area contributed by atoms with Gasteiger partial charge in [-0.25, -0.2) is 0 Å². The number of hydrogen-bond donors (Lipinski definition) is 2. The molecule has 2 rings (SSSR count). The van der Waals surface area contributed by atoms with E-state index in [9.17, 15) is 5.11 Å². The van der Waals surface area contributed by atoms with Crippen molar-refractivity contribution in [3.8, 4) is 5.75 Å². The van der Waals surface area contributed by atoms with Crippen LogP contribution in [0.15, 0.2) is 36.4 Å². The Hall–Kier alpha value is -1.54. The van der Waals surface area contributed by atoms with E-state index in [1.54, 1.807) is 12.1 Å². The van der Waals surface area contributed by atoms with E-state index in [0.29, 0.717) is 5.75 Å². The molecule has 72 valence electrons. The Balaban J connectivity index is 2.52. The average molecular weight is 187 g/mol. The maximum atomic E-state index is 9.33. The smallest absolute Gasteiger partial charge is 0.116 e. The Morgan fingerprint density at radius 1 is 1.07 bits per heavy atom. The van der Waals surface area contributed by atoms with Gasteiger partial charge in [-0.05, 0) is 29.0 Å². The molecule has 0 saturated carbocycles. The topological polar surface area (TPSA) is 36.8 Å². The van der Waals surface area contributed by atoms with Gasteiger partial charge in [0.25, 0.3) is 0 Å². The van der Waals surface area contributed by atoms with Gasteiger partial charge in [0, 0.05) is 5.56 Å². The fourth-order valence-corrected chi connectivity index (χ4v) is 1.58. The lowest BCUT2D eigenvalue weighted by molar-refractivity contribution is -0.612. The van der Waals surface area contributed by atoms with Crippen molar-refractivity contribution in [2.45, 2.75) is 6.54 Å². The summed E-state index contributed by atoms with van der Waals surface area (Å²) in [5.41, 5.74) is 1.22. The summed E-state index contributed by atoms with van der Waals surface area (Å²) < 4.78 is 0. The van der Waals surface area contributed by atoms with E-state index in [4.69, 9.17) is 0 Å². The maximum absolute atomic E-state index is 9.33. The standard InChI is InChI=1S/C12H13NO/c1-13-8-9-2-3-10-4-5-12(14)7-11(10)6-9/h2-7,14H,1,8,13H2. The highest BCUT2D eigenvalue weighted by atomic mass is 16.3. The number of aromatic hydroxyl groups is 1. The van der Waals surface area contributed by atoms with Gasteiger partial charge in [-0.15, -0.1) is 0 Å². The number of fused-ring (bicyclic) bond motifs is 1. The van der Waals surface area contributed by atoms with Crippen molar-refractivity contribution < 1.29 is 10.4 Å². The summed E-state index contributed by atoms with van der Waals surface area (Å²) >= 11 is 0. The monoisotopic (exact) mass is 187 g/mol. The largest absolute Gasteiger partial charge is 0.508 e. The van der Waals surface area contributed by atoms with E-state index in [-0.39, 0.29) is 0 Å². The summed E-state index contributed by atoms with van der Waals surface area (Å²) in [4.78, 5) is 0. The lowest BCUT2D eigenvalue weighted by atomic mass is 10.1. The first-order valence-corrected chi connectivity index (χ1v) is 4.62. The molecular formula is C12H13NO. The van der Waals surface area contributed by atoms with E-state index in [1.807, 2.05) is 11.4 Å². The van der Waals surface area contributed by atoms with Gasteiger partial charge in [-0.2, -0.15) is 7.05 Å². The molecule has 0 spiro atoms. The van der Waals surface area contributed by atoms with Crippen LogP contribution < -0.4 is 5.32 Å². The number of phenolic OH excluding ortho intramolecular Hbond substituents is 1. The van der Waals surface area contributed by atoms with E-state index in [0.717, 1.165) is 17.3 Å². The second kappa shape index (κ2) is 3.68. The van der Waals surface area contributed by atoms with Crippen LogP contribution in [0.25, 0.3) is 10.8 Å². The quantitative estimate of drug-likeness (QED) is 0.685. The fourth-order valence-electron chi connectivity index (χ4n) is 1.58. The van der Waals surface area contributed by atoms with Crippen LogP contribution in [0.3, 0.4) is 0 Å². The molecule has 2 aromatic rings. The minimum absolute atomic E-state index is 0.313. The molecule has 0 aliphatic rings. The Labute approximate surface area is 83.2 Å². The lowest BCUT2D eigenvalue weighted by Crippen LogP contribution is -2.74. The first-order valence-electron chi connectivity index (χ1n) is 4.62. The molecular weight excluding hydrogens is 174 g/mol. The highest BCUT2D eigenvalue weighted by Gasteiger charge is 1.97. The molecule has 0 unspecified atom stereocenters. The molecule has 0 fully saturated rings. The molecule has 0 aliphatic carbocycles. The van der Waals surface area contributed by atoms with Crippen LogP contribution in [0.5, 0.6) is 5.75 Å². The zero-order valence-electron chi connectivity index (χ0n) is 7.90. The third kappa shape index (κ3) is 1.70. The van der Waals surface area contributed by atoms with Crippen molar-refractivity contribution in [2.75, 3.05) is 0 Å². The molecule has 0 radical (unpaired) electrons. The third-order valence-corrected chi connectivity index (χ3v) is 2.27. The summed E-state index contributed by atoms with van der Waals surface area (Å²) in [6, 6.07) is 11.6. The normalized spacial score (nSPS) is 10.6. The Morgan fingerprint density at radius 3 is 2.64 bits per heavy atom. The van der Waals surface area contributed by atoms with Gasteiger partial charge in [0.05, 0.1) is 6.54 Å². The number of hydrogen-bond acceptors (Lipinski definition) is 1. The second-order valence-electron chi connectivity index (χ2n) is 3.36. The molecule has 0 amide bonds. The summed E-state index contributed by atoms with van der Waals surface area (Å²) in [5, 5.41) is 13.4. The Kier molecular flexibility index (Phi) is 2.37. The molecule has 14 heavy (non-hydrogen) atoms. The predicted molar refractivity (Wildman–Crippen MR) is 56.6 cm³/mol. The first kappa shape index (κ1) is 9.03. The zero-order valence-corrected chi connectivity index (χ0v) is 7.90. The minimum atomic E-state index is 0.313. The van der Waals surface area contributed by atoms with E-state index in [1.165, 1.54) is 5.56 Å². The Morgan fingerprint density at radius 2 is 1.86 bits per heavy atom. The molecule has 0 atom stereocenters. The van der Waals surface area contributed by atoms with Crippen LogP contribution >= 0.6 is 0 Å². The van der Waals surface area contributed by atoms with Gasteiger partial charge in [-0.1, -0.05) is 18.2 Å². The molecule has 2 nitrogen and oxygen atoms in total. The third-order valence-electron chi connectivity index (χ3n) is 2.27. The van der Waals surface area contributed by atoms with Crippen molar-refractivity contribution in [1.82, 2.24) is 0 Å². The summed E-state index contributed by atoms with van der Waals surface area (Å²) in [7, 11) is 3.70. The van der Waals surface area contributed by atoms with Gasteiger partial charge in [0.2, 0.25) is 0 Å². The first-order chi connectivity index (χ1) is 6.79. The number of nitrogens with two attached hydrogens (primary N) is 1. The molecule has 0 bridgehead atoms. The number of benzene rings is 2. The van der Waals surface area contributed by atoms with Gasteiger partial charge in [-0.3, -0.25) is 0 Å². The fraction of sp³-hybridized carbons (Fsp3) is 0.0833. The summed E-state index contributed by atoms with van der Waals surface area (Å²) in [6.45, 7) is 0.867. The summed E-state index contributed by atoms with van der Waals surface area (Å²) in [5.74, 6) is 0.313. The van der Waals surface area contributed by atoms with Crippen LogP contribution in [-0.2, 0) is 6.54 Å². The summed E-state index contributed by atoms with van der Waals surface area (Å²) in [6.07, 6.45) is 0. The van der Waals surface area contributed by atoms with Crippen molar-refractivity contribution in [1.29, 1.82) is 0 Å². The van der Waals surface area contributed by atoms with E-state index in [2.05, 4.69) is 25.2 Å². The van der Waals surface area contributed by atoms with Crippen LogP contribution in [0.1, 0.15) is 5.56 Å². The molecule has 3 N–H and O–H groups in total. The van der Waals surface area contributed by atoms with Crippen molar-refractivity contribution in [3.05, 3.63) is 49.0 Å². The highest BCUT2D eigenvalue weighted by molar-refractivity contribution is 5.84. The minimum Gasteiger partial charge on any atom is -0.508 e. The van der Waals surface area contributed by atoms with Crippen molar-refractivity contribution in [3.63, 3.8) is 0 Å². The molecule has 0 aromatic heterocycles. The second-order valence-corrected chi connectivity index (χ2v) is 3.36. The van der Waals surface area contributed by atoms with Gasteiger partial charge < -0.3 is 10.4 Å². The lowest BCUT2D eigenvalue weighted by Gasteiger charge is -2.03. The van der Waals surface area contributed by atoms with Gasteiger partial charge >= 0.3 is 0 Å². The zero-order chi connectivity index (χ0) is 9.97.